The first-order valence-corrected chi connectivity index (χ1v) is 2.93. The van der Waals surface area contributed by atoms with Gasteiger partial charge in [0.1, 0.15) is 11.0 Å². The summed E-state index contributed by atoms with van der Waals surface area (Å²) in [4.78, 5) is 1.07. The third-order valence-corrected chi connectivity index (χ3v) is 1.30. The predicted molar refractivity (Wildman–Crippen MR) is 37.7 cm³/mol. The minimum absolute atomic E-state index is 0.824. The highest BCUT2D eigenvalue weighted by atomic mass is 15.6. The largest absolute Gasteiger partial charge is 0.306 e. The lowest BCUT2D eigenvalue weighted by molar-refractivity contribution is 0.720. The van der Waals surface area contributed by atoms with Gasteiger partial charge in [0.05, 0.1) is 0 Å². The average molecular weight is 134 g/mol. The maximum Gasteiger partial charge on any atom is 0.115 e. The van der Waals surface area contributed by atoms with Gasteiger partial charge in [-0.1, -0.05) is 17.0 Å². The van der Waals surface area contributed by atoms with Crippen LogP contribution in [0.25, 0.3) is 11.0 Å². The van der Waals surface area contributed by atoms with Gasteiger partial charge in [-0.2, -0.15) is 0 Å². The van der Waals surface area contributed by atoms with Gasteiger partial charge in [-0.15, -0.1) is 10.2 Å². The molecule has 1 aromatic heterocycles. The molecule has 0 aliphatic heterocycles. The van der Waals surface area contributed by atoms with Crippen LogP contribution in [0.1, 0.15) is 0 Å². The van der Waals surface area contributed by atoms with E-state index in [1.54, 1.807) is 0 Å². The third kappa shape index (κ3) is 0.621. The molecule has 0 saturated heterocycles. The molecule has 0 atom stereocenters. The number of rotatable bonds is 0. The summed E-state index contributed by atoms with van der Waals surface area (Å²) >= 11 is 0. The average Bonchev–Trinajstić information content (AvgIpc) is 2.27. The van der Waals surface area contributed by atoms with Gasteiger partial charge in [0.2, 0.25) is 0 Å². The van der Waals surface area contributed by atoms with Crippen LogP contribution in [0.3, 0.4) is 0 Å². The van der Waals surface area contributed by atoms with Gasteiger partial charge in [0.15, 0.2) is 0 Å². The molecule has 50 valence electrons. The van der Waals surface area contributed by atoms with Crippen molar-refractivity contribution >= 4 is 11.0 Å². The molecular weight excluding hydrogens is 128 g/mol. The molecule has 0 radical (unpaired) electrons. The van der Waals surface area contributed by atoms with Gasteiger partial charge in [0, 0.05) is 0 Å². The summed E-state index contributed by atoms with van der Waals surface area (Å²) in [5.74, 6) is 5.28. The van der Waals surface area contributed by atoms with Crippen molar-refractivity contribution in [2.75, 3.05) is 5.84 Å². The zero-order chi connectivity index (χ0) is 6.97. The summed E-state index contributed by atoms with van der Waals surface area (Å²) in [6.45, 7) is 0. The summed E-state index contributed by atoms with van der Waals surface area (Å²) in [6, 6.07) is 7.53. The number of aromatic nitrogens is 3. The highest BCUT2D eigenvalue weighted by Gasteiger charge is 1.95. The first kappa shape index (κ1) is 5.22. The van der Waals surface area contributed by atoms with E-state index in [2.05, 4.69) is 10.2 Å². The Morgan fingerprint density at radius 2 is 1.60 bits per heavy atom. The molecule has 0 aliphatic carbocycles. The third-order valence-electron chi connectivity index (χ3n) is 1.30. The molecule has 4 nitrogen and oxygen atoms in total. The summed E-state index contributed by atoms with van der Waals surface area (Å²) in [6.07, 6.45) is 0. The van der Waals surface area contributed by atoms with Crippen molar-refractivity contribution in [1.82, 2.24) is 15.1 Å². The first-order chi connectivity index (χ1) is 4.86. The van der Waals surface area contributed by atoms with Crippen molar-refractivity contribution in [3.63, 3.8) is 0 Å². The standard InChI is InChI=1S/C6H6N4/c7-10-8-5-3-1-2-4-6(5)9-10/h1-4H,7H2. The second kappa shape index (κ2) is 1.70. The molecule has 0 saturated carbocycles. The number of hydrogen-bond donors (Lipinski definition) is 1. The van der Waals surface area contributed by atoms with Crippen LogP contribution >= 0.6 is 0 Å². The fourth-order valence-corrected chi connectivity index (χ4v) is 0.876. The summed E-state index contributed by atoms with van der Waals surface area (Å²) < 4.78 is 0. The molecule has 4 heteroatoms. The number of fused-ring (bicyclic) bond motifs is 1. The van der Waals surface area contributed by atoms with Crippen LogP contribution in [0.5, 0.6) is 0 Å². The maximum atomic E-state index is 5.28. The zero-order valence-electron chi connectivity index (χ0n) is 5.23. The Balaban J connectivity index is 2.88. The Morgan fingerprint density at radius 3 is 2.10 bits per heavy atom. The van der Waals surface area contributed by atoms with Gasteiger partial charge in [-0.25, -0.2) is 0 Å². The number of hydrogen-bond acceptors (Lipinski definition) is 3. The monoisotopic (exact) mass is 134 g/mol. The van der Waals surface area contributed by atoms with E-state index in [1.807, 2.05) is 24.3 Å². The molecule has 2 aromatic rings. The summed E-state index contributed by atoms with van der Waals surface area (Å²) in [7, 11) is 0. The molecule has 2 rings (SSSR count). The van der Waals surface area contributed by atoms with Crippen LogP contribution in [-0.2, 0) is 0 Å². The molecule has 0 bridgehead atoms. The fraction of sp³-hybridized carbons (Fsp3) is 0. The lowest BCUT2D eigenvalue weighted by atomic mass is 10.3. The molecule has 0 unspecified atom stereocenters. The normalized spacial score (nSPS) is 10.4. The number of nitrogens with zero attached hydrogens (tertiary/aromatic N) is 3. The lowest BCUT2D eigenvalue weighted by Gasteiger charge is -1.77. The highest BCUT2D eigenvalue weighted by Crippen LogP contribution is 2.04. The summed E-state index contributed by atoms with van der Waals surface area (Å²) in [5, 5.41) is 7.79. The molecule has 0 aliphatic rings. The summed E-state index contributed by atoms with van der Waals surface area (Å²) in [5.41, 5.74) is 1.65. The van der Waals surface area contributed by atoms with Crippen LogP contribution in [0.15, 0.2) is 24.3 Å². The quantitative estimate of drug-likeness (QED) is 0.521. The van der Waals surface area contributed by atoms with Crippen LogP contribution in [0, 0.1) is 0 Å². The Bertz CT molecular complexity index is 318. The van der Waals surface area contributed by atoms with Crippen molar-refractivity contribution in [2.24, 2.45) is 0 Å². The Kier molecular flexibility index (Phi) is 0.887. The van der Waals surface area contributed by atoms with E-state index in [0.717, 1.165) is 15.9 Å². The van der Waals surface area contributed by atoms with E-state index in [-0.39, 0.29) is 0 Å². The van der Waals surface area contributed by atoms with E-state index >= 15 is 0 Å². The van der Waals surface area contributed by atoms with E-state index in [0.29, 0.717) is 0 Å². The van der Waals surface area contributed by atoms with Crippen LogP contribution in [0.4, 0.5) is 0 Å². The Morgan fingerprint density at radius 1 is 1.10 bits per heavy atom. The maximum absolute atomic E-state index is 5.28. The van der Waals surface area contributed by atoms with Crippen LogP contribution in [0.2, 0.25) is 0 Å². The van der Waals surface area contributed by atoms with Crippen molar-refractivity contribution in [2.45, 2.75) is 0 Å². The second-order valence-corrected chi connectivity index (χ2v) is 2.01. The van der Waals surface area contributed by atoms with E-state index in [4.69, 9.17) is 5.84 Å². The van der Waals surface area contributed by atoms with Gasteiger partial charge in [-0.05, 0) is 12.1 Å². The SMILES string of the molecule is Nn1nc2ccccc2n1. The molecule has 2 N–H and O–H groups in total. The van der Waals surface area contributed by atoms with Gasteiger partial charge < -0.3 is 5.84 Å². The van der Waals surface area contributed by atoms with Crippen molar-refractivity contribution in [3.05, 3.63) is 24.3 Å². The molecule has 1 aromatic carbocycles. The van der Waals surface area contributed by atoms with E-state index < -0.39 is 0 Å². The van der Waals surface area contributed by atoms with Gasteiger partial charge in [-0.3, -0.25) is 0 Å². The van der Waals surface area contributed by atoms with Gasteiger partial charge >= 0.3 is 0 Å². The Hall–Kier alpha value is -1.58. The number of benzene rings is 1. The molecule has 1 heterocycles. The molecular formula is C6H6N4. The smallest absolute Gasteiger partial charge is 0.115 e. The van der Waals surface area contributed by atoms with E-state index in [9.17, 15) is 0 Å². The number of nitrogen functional groups attached to an aromatic ring is 1. The minimum Gasteiger partial charge on any atom is -0.306 e. The van der Waals surface area contributed by atoms with Crippen molar-refractivity contribution in [1.29, 1.82) is 0 Å². The van der Waals surface area contributed by atoms with Crippen molar-refractivity contribution < 1.29 is 0 Å². The van der Waals surface area contributed by atoms with Crippen LogP contribution < -0.4 is 5.84 Å². The Labute approximate surface area is 57.2 Å². The zero-order valence-corrected chi connectivity index (χ0v) is 5.23. The predicted octanol–water partition coefficient (Wildman–Crippen LogP) is 0.145. The second-order valence-electron chi connectivity index (χ2n) is 2.01. The van der Waals surface area contributed by atoms with Crippen LogP contribution in [-0.4, -0.2) is 15.1 Å². The van der Waals surface area contributed by atoms with Crippen molar-refractivity contribution in [3.8, 4) is 0 Å². The van der Waals surface area contributed by atoms with E-state index in [1.165, 1.54) is 0 Å². The minimum atomic E-state index is 0.824. The topological polar surface area (TPSA) is 56.7 Å². The number of nitrogens with two attached hydrogens (primary N) is 1. The fourth-order valence-electron chi connectivity index (χ4n) is 0.876. The lowest BCUT2D eigenvalue weighted by Crippen LogP contribution is -2.11. The first-order valence-electron chi connectivity index (χ1n) is 2.93. The molecule has 0 fully saturated rings. The highest BCUT2D eigenvalue weighted by molar-refractivity contribution is 5.72. The van der Waals surface area contributed by atoms with Gasteiger partial charge in [0.25, 0.3) is 0 Å². The molecule has 0 amide bonds. The molecule has 0 spiro atoms. The molecule has 10 heavy (non-hydrogen) atoms.